The zero-order valence-electron chi connectivity index (χ0n) is 34.6. The fourth-order valence-electron chi connectivity index (χ4n) is 11.3. The topological polar surface area (TPSA) is 6.48 Å². The Morgan fingerprint density at radius 3 is 1.52 bits per heavy atom. The highest BCUT2D eigenvalue weighted by molar-refractivity contribution is 5.92. The van der Waals surface area contributed by atoms with Crippen molar-refractivity contribution in [2.75, 3.05) is 9.80 Å². The van der Waals surface area contributed by atoms with Crippen LogP contribution in [0, 0.1) is 0 Å². The highest BCUT2D eigenvalue weighted by atomic mass is 15.2. The lowest BCUT2D eigenvalue weighted by Gasteiger charge is -2.48. The maximum absolute atomic E-state index is 2.64. The van der Waals surface area contributed by atoms with Crippen molar-refractivity contribution >= 4 is 34.1 Å². The van der Waals surface area contributed by atoms with Gasteiger partial charge >= 0.3 is 0 Å². The van der Waals surface area contributed by atoms with Gasteiger partial charge in [0.15, 0.2) is 0 Å². The van der Waals surface area contributed by atoms with Crippen molar-refractivity contribution in [1.29, 1.82) is 0 Å². The first kappa shape index (κ1) is 36.4. The Hall–Kier alpha value is -6.64. The third-order valence-corrected chi connectivity index (χ3v) is 13.9. The van der Waals surface area contributed by atoms with Crippen molar-refractivity contribution in [3.63, 3.8) is 0 Å². The predicted octanol–water partition coefficient (Wildman–Crippen LogP) is 15.6. The van der Waals surface area contributed by atoms with Gasteiger partial charge in [-0.3, -0.25) is 0 Å². The molecule has 0 radical (unpaired) electrons. The number of rotatable bonds is 7. The molecule has 1 spiro atoms. The Balaban J connectivity index is 1.19. The van der Waals surface area contributed by atoms with Gasteiger partial charge in [-0.2, -0.15) is 0 Å². The van der Waals surface area contributed by atoms with Crippen LogP contribution in [0.5, 0.6) is 0 Å². The maximum Gasteiger partial charge on any atom is 0.0540 e. The Labute approximate surface area is 355 Å². The second kappa shape index (κ2) is 14.6. The lowest BCUT2D eigenvalue weighted by molar-refractivity contribution is 0.369. The lowest BCUT2D eigenvalue weighted by Crippen LogP contribution is -2.38. The molecule has 0 saturated carbocycles. The number of para-hydroxylation sites is 3. The molecular weight excluding hydrogens is 725 g/mol. The van der Waals surface area contributed by atoms with Gasteiger partial charge in [-0.15, -0.1) is 0 Å². The smallest absolute Gasteiger partial charge is 0.0540 e. The van der Waals surface area contributed by atoms with Crippen molar-refractivity contribution in [2.24, 2.45) is 0 Å². The SMILES string of the molecule is CC1(C)c2ccccc2-c2ccc(N(c3ccccc3-c3ccccc3)c3cccc4c3[C@]3(CCCc5cccc(N(c6ccccc6)c6ccccc6)c53)CCC4)cc21. The first-order chi connectivity index (χ1) is 29.5. The molecule has 3 aliphatic rings. The van der Waals surface area contributed by atoms with Gasteiger partial charge in [0.05, 0.1) is 17.1 Å². The second-order valence-corrected chi connectivity index (χ2v) is 17.5. The molecule has 0 heterocycles. The molecule has 0 aromatic heterocycles. The largest absolute Gasteiger partial charge is 0.310 e. The Morgan fingerprint density at radius 2 is 0.883 bits per heavy atom. The van der Waals surface area contributed by atoms with Crippen molar-refractivity contribution in [1.82, 2.24) is 0 Å². The summed E-state index contributed by atoms with van der Waals surface area (Å²) >= 11 is 0. The van der Waals surface area contributed by atoms with Crippen molar-refractivity contribution in [3.05, 3.63) is 228 Å². The maximum atomic E-state index is 2.64. The highest BCUT2D eigenvalue weighted by Crippen LogP contribution is 2.59. The molecule has 60 heavy (non-hydrogen) atoms. The molecule has 0 bridgehead atoms. The third-order valence-electron chi connectivity index (χ3n) is 13.9. The van der Waals surface area contributed by atoms with Crippen LogP contribution in [0.1, 0.15) is 72.9 Å². The quantitative estimate of drug-likeness (QED) is 0.159. The highest BCUT2D eigenvalue weighted by Gasteiger charge is 2.46. The molecule has 2 nitrogen and oxygen atoms in total. The number of anilines is 6. The van der Waals surface area contributed by atoms with Gasteiger partial charge in [0, 0.05) is 33.5 Å². The van der Waals surface area contributed by atoms with E-state index in [0.717, 1.165) is 38.5 Å². The summed E-state index contributed by atoms with van der Waals surface area (Å²) in [5, 5.41) is 0. The first-order valence-corrected chi connectivity index (χ1v) is 21.9. The van der Waals surface area contributed by atoms with E-state index < -0.39 is 0 Å². The molecule has 8 aromatic carbocycles. The van der Waals surface area contributed by atoms with Crippen molar-refractivity contribution in [3.8, 4) is 22.3 Å². The van der Waals surface area contributed by atoms with E-state index in [1.807, 2.05) is 0 Å². The minimum atomic E-state index is -0.192. The summed E-state index contributed by atoms with van der Waals surface area (Å²) in [6, 6.07) is 72.6. The van der Waals surface area contributed by atoms with Gasteiger partial charge in [0.25, 0.3) is 0 Å². The van der Waals surface area contributed by atoms with Gasteiger partial charge in [-0.25, -0.2) is 0 Å². The van der Waals surface area contributed by atoms with Gasteiger partial charge < -0.3 is 9.80 Å². The summed E-state index contributed by atoms with van der Waals surface area (Å²) in [5.41, 5.74) is 20.9. The molecule has 2 heteroatoms. The van der Waals surface area contributed by atoms with E-state index in [1.165, 1.54) is 89.8 Å². The van der Waals surface area contributed by atoms with Crippen LogP contribution in [0.4, 0.5) is 34.1 Å². The molecule has 8 aromatic rings. The number of nitrogens with zero attached hydrogens (tertiary/aromatic N) is 2. The van der Waals surface area contributed by atoms with E-state index in [2.05, 4.69) is 218 Å². The molecule has 0 N–H and O–H groups in total. The molecule has 3 aliphatic carbocycles. The molecule has 1 atom stereocenters. The third kappa shape index (κ3) is 5.76. The zero-order valence-corrected chi connectivity index (χ0v) is 34.6. The summed E-state index contributed by atoms with van der Waals surface area (Å²) in [6.45, 7) is 4.80. The van der Waals surface area contributed by atoms with E-state index in [4.69, 9.17) is 0 Å². The summed E-state index contributed by atoms with van der Waals surface area (Å²) < 4.78 is 0. The number of hydrogen-bond donors (Lipinski definition) is 0. The van der Waals surface area contributed by atoms with Crippen LogP contribution in [0.2, 0.25) is 0 Å². The number of aryl methyl sites for hydroxylation is 2. The van der Waals surface area contributed by atoms with Crippen molar-refractivity contribution < 1.29 is 0 Å². The van der Waals surface area contributed by atoms with E-state index in [0.29, 0.717) is 0 Å². The van der Waals surface area contributed by atoms with Gasteiger partial charge in [0.2, 0.25) is 0 Å². The average Bonchev–Trinajstić information content (AvgIpc) is 3.53. The molecular formula is C58H50N2. The molecule has 292 valence electrons. The fraction of sp³-hybridized carbons (Fsp3) is 0.172. The van der Waals surface area contributed by atoms with Crippen LogP contribution in [0.25, 0.3) is 22.3 Å². The molecule has 0 aliphatic heterocycles. The van der Waals surface area contributed by atoms with E-state index in [-0.39, 0.29) is 10.8 Å². The number of hydrogen-bond acceptors (Lipinski definition) is 2. The van der Waals surface area contributed by atoms with Crippen LogP contribution in [0.3, 0.4) is 0 Å². The number of benzene rings is 8. The van der Waals surface area contributed by atoms with E-state index in [9.17, 15) is 0 Å². The summed E-state index contributed by atoms with van der Waals surface area (Å²) in [6.07, 6.45) is 6.70. The Bertz CT molecular complexity index is 2810. The van der Waals surface area contributed by atoms with Crippen LogP contribution < -0.4 is 9.80 Å². The summed E-state index contributed by atoms with van der Waals surface area (Å²) in [4.78, 5) is 5.15. The van der Waals surface area contributed by atoms with E-state index >= 15 is 0 Å². The minimum absolute atomic E-state index is 0.126. The lowest BCUT2D eigenvalue weighted by atomic mass is 9.59. The van der Waals surface area contributed by atoms with Crippen LogP contribution in [-0.2, 0) is 23.7 Å². The zero-order chi connectivity index (χ0) is 40.3. The van der Waals surface area contributed by atoms with Gasteiger partial charge in [-0.1, -0.05) is 153 Å². The molecule has 0 saturated heterocycles. The summed E-state index contributed by atoms with van der Waals surface area (Å²) in [5.74, 6) is 0. The summed E-state index contributed by atoms with van der Waals surface area (Å²) in [7, 11) is 0. The van der Waals surface area contributed by atoms with Gasteiger partial charge in [0.1, 0.15) is 0 Å². The second-order valence-electron chi connectivity index (χ2n) is 17.5. The Kier molecular flexibility index (Phi) is 8.85. The van der Waals surface area contributed by atoms with Gasteiger partial charge in [-0.05, 0) is 143 Å². The van der Waals surface area contributed by atoms with E-state index in [1.54, 1.807) is 0 Å². The predicted molar refractivity (Wildman–Crippen MR) is 252 cm³/mol. The normalized spacial score (nSPS) is 17.0. The fourth-order valence-corrected chi connectivity index (χ4v) is 11.3. The van der Waals surface area contributed by atoms with Crippen LogP contribution >= 0.6 is 0 Å². The molecule has 0 unspecified atom stereocenters. The minimum Gasteiger partial charge on any atom is -0.310 e. The average molecular weight is 775 g/mol. The standard InChI is InChI=1S/C58H50N2/c1-57(2)50-32-14-12-31-48(50)49-37-36-46(40-51(49)57)60(52-33-15-13-30-47(52)41-20-6-3-7-21-41)54-35-17-23-43-25-19-39-58(56(43)54)38-18-24-42-22-16-34-53(55(42)58)59(44-26-8-4-9-27-44)45-28-10-5-11-29-45/h3-17,20-23,26-37,40H,18-19,24-25,38-39H2,1-2H3/t58-/m1/s1. The molecule has 0 amide bonds. The van der Waals surface area contributed by atoms with Crippen LogP contribution in [0.15, 0.2) is 194 Å². The Morgan fingerprint density at radius 1 is 0.383 bits per heavy atom. The molecule has 11 rings (SSSR count). The van der Waals surface area contributed by atoms with Crippen molar-refractivity contribution in [2.45, 2.75) is 63.2 Å². The monoisotopic (exact) mass is 774 g/mol. The first-order valence-electron chi connectivity index (χ1n) is 21.9. The number of fused-ring (bicyclic) bond motifs is 7. The van der Waals surface area contributed by atoms with Crippen LogP contribution in [-0.4, -0.2) is 0 Å². The molecule has 0 fully saturated rings.